The summed E-state index contributed by atoms with van der Waals surface area (Å²) in [6.45, 7) is 2.22. The minimum atomic E-state index is -0.544. The zero-order chi connectivity index (χ0) is 31.1. The first-order valence-electron chi connectivity index (χ1n) is 15.7. The van der Waals surface area contributed by atoms with Gasteiger partial charge < -0.3 is 24.4 Å². The number of methoxy groups -OCH3 is 1. The first kappa shape index (κ1) is 29.9. The molecule has 6 aliphatic rings. The van der Waals surface area contributed by atoms with Gasteiger partial charge in [-0.3, -0.25) is 24.1 Å². The van der Waals surface area contributed by atoms with Crippen LogP contribution in [0.3, 0.4) is 0 Å². The van der Waals surface area contributed by atoms with Crippen molar-refractivity contribution < 1.29 is 33.4 Å². The minimum absolute atomic E-state index is 0.167. The van der Waals surface area contributed by atoms with Gasteiger partial charge in [-0.1, -0.05) is 18.2 Å². The van der Waals surface area contributed by atoms with Crippen molar-refractivity contribution in [2.24, 2.45) is 23.2 Å². The van der Waals surface area contributed by atoms with Gasteiger partial charge in [0.25, 0.3) is 11.1 Å². The molecule has 6 fully saturated rings. The Labute approximate surface area is 266 Å². The van der Waals surface area contributed by atoms with Crippen LogP contribution in [0.5, 0.6) is 11.5 Å². The maximum Gasteiger partial charge on any atom is 0.317 e. The maximum absolute atomic E-state index is 13.5. The molecule has 0 radical (unpaired) electrons. The molecule has 10 nitrogen and oxygen atoms in total. The number of hydrogen-bond acceptors (Lipinski definition) is 9. The van der Waals surface area contributed by atoms with E-state index in [0.29, 0.717) is 66.8 Å². The summed E-state index contributed by atoms with van der Waals surface area (Å²) in [5, 5.41) is 2.35. The molecule has 236 valence electrons. The van der Waals surface area contributed by atoms with Gasteiger partial charge in [-0.25, -0.2) is 0 Å². The third-order valence-electron chi connectivity index (χ3n) is 9.86. The van der Waals surface area contributed by atoms with Crippen molar-refractivity contribution in [1.29, 1.82) is 0 Å². The average Bonchev–Trinajstić information content (AvgIpc) is 3.28. The molecule has 4 bridgehead atoms. The number of thioether (sulfide) groups is 1. The topological polar surface area (TPSA) is 114 Å². The second kappa shape index (κ2) is 12.2. The van der Waals surface area contributed by atoms with Crippen LogP contribution in [-0.2, 0) is 19.1 Å². The molecule has 11 heteroatoms. The van der Waals surface area contributed by atoms with Crippen molar-refractivity contribution in [2.75, 3.05) is 50.2 Å². The first-order chi connectivity index (χ1) is 21.8. The van der Waals surface area contributed by atoms with E-state index in [9.17, 15) is 19.2 Å². The smallest absolute Gasteiger partial charge is 0.317 e. The molecule has 2 aliphatic heterocycles. The zero-order valence-electron chi connectivity index (χ0n) is 25.3. The molecule has 0 atom stereocenters. The fraction of sp³-hybridized carbons (Fsp3) is 0.471. The second-order valence-corrected chi connectivity index (χ2v) is 13.9. The largest absolute Gasteiger partial charge is 0.493 e. The lowest BCUT2D eigenvalue weighted by atomic mass is 9.49. The van der Waals surface area contributed by atoms with Crippen molar-refractivity contribution in [2.45, 2.75) is 38.5 Å². The van der Waals surface area contributed by atoms with E-state index in [2.05, 4.69) is 10.2 Å². The van der Waals surface area contributed by atoms with Gasteiger partial charge in [-0.2, -0.15) is 0 Å². The molecule has 1 N–H and O–H groups in total. The molecular weight excluding hydrogens is 594 g/mol. The standard InChI is InChI=1S/C34H37N3O7S/c1-42-28-15-21(6-7-27(28)44-32(40)34-17-22-12-23(18-34)14-24(13-22)19-34)16-29-31(39)37(33(41)45-29)20-30(38)35-25-4-2-3-5-26(25)36-8-10-43-11-9-36/h2-7,15-16,22-24H,8-14,17-20H2,1H3,(H,35,38)/b29-16-. The van der Waals surface area contributed by atoms with E-state index in [1.54, 1.807) is 30.3 Å². The molecule has 0 unspecified atom stereocenters. The Bertz CT molecular complexity index is 1530. The summed E-state index contributed by atoms with van der Waals surface area (Å²) in [6.07, 6.45) is 8.03. The van der Waals surface area contributed by atoms with Crippen molar-refractivity contribution in [3.8, 4) is 11.5 Å². The lowest BCUT2D eigenvalue weighted by Crippen LogP contribution is -2.51. The number of esters is 1. The van der Waals surface area contributed by atoms with Crippen LogP contribution in [0, 0.1) is 23.2 Å². The van der Waals surface area contributed by atoms with Crippen molar-refractivity contribution in [1.82, 2.24) is 4.90 Å². The number of nitrogens with one attached hydrogen (secondary N) is 1. The summed E-state index contributed by atoms with van der Waals surface area (Å²) < 4.78 is 17.0. The van der Waals surface area contributed by atoms with Crippen LogP contribution in [0.15, 0.2) is 47.4 Å². The Kier molecular flexibility index (Phi) is 8.07. The molecule has 2 aromatic rings. The third-order valence-corrected chi connectivity index (χ3v) is 10.8. The molecule has 45 heavy (non-hydrogen) atoms. The quantitative estimate of drug-likeness (QED) is 0.235. The van der Waals surface area contributed by atoms with Gasteiger partial charge in [0.2, 0.25) is 5.91 Å². The number of anilines is 2. The summed E-state index contributed by atoms with van der Waals surface area (Å²) >= 11 is 0.781. The summed E-state index contributed by atoms with van der Waals surface area (Å²) in [5.41, 5.74) is 1.69. The molecule has 0 aromatic heterocycles. The predicted octanol–water partition coefficient (Wildman–Crippen LogP) is 5.33. The summed E-state index contributed by atoms with van der Waals surface area (Å²) in [5.74, 6) is 1.42. The lowest BCUT2D eigenvalue weighted by molar-refractivity contribution is -0.161. The van der Waals surface area contributed by atoms with Crippen LogP contribution in [0.4, 0.5) is 16.2 Å². The van der Waals surface area contributed by atoms with Gasteiger partial charge in [0.15, 0.2) is 11.5 Å². The second-order valence-electron chi connectivity index (χ2n) is 12.9. The number of ether oxygens (including phenoxy) is 3. The monoisotopic (exact) mass is 631 g/mol. The molecule has 4 saturated carbocycles. The Morgan fingerprint density at radius 2 is 1.69 bits per heavy atom. The highest BCUT2D eigenvalue weighted by atomic mass is 32.2. The van der Waals surface area contributed by atoms with E-state index < -0.39 is 29.0 Å². The maximum atomic E-state index is 13.5. The summed E-state index contributed by atoms with van der Waals surface area (Å²) in [7, 11) is 1.50. The third kappa shape index (κ3) is 5.95. The molecule has 4 aliphatic carbocycles. The van der Waals surface area contributed by atoms with Crippen molar-refractivity contribution in [3.63, 3.8) is 0 Å². The summed E-state index contributed by atoms with van der Waals surface area (Å²) in [6, 6.07) is 12.5. The number of hydrogen-bond donors (Lipinski definition) is 1. The zero-order valence-corrected chi connectivity index (χ0v) is 26.1. The van der Waals surface area contributed by atoms with Gasteiger partial charge in [-0.15, -0.1) is 0 Å². The van der Waals surface area contributed by atoms with Gasteiger partial charge >= 0.3 is 5.97 Å². The predicted molar refractivity (Wildman–Crippen MR) is 170 cm³/mol. The van der Waals surface area contributed by atoms with Crippen LogP contribution in [0.25, 0.3) is 6.08 Å². The van der Waals surface area contributed by atoms with Crippen molar-refractivity contribution >= 4 is 52.2 Å². The minimum Gasteiger partial charge on any atom is -0.493 e. The molecular formula is C34H37N3O7S. The highest BCUT2D eigenvalue weighted by Crippen LogP contribution is 2.60. The number of amides is 3. The molecule has 3 amide bonds. The Morgan fingerprint density at radius 3 is 2.38 bits per heavy atom. The summed E-state index contributed by atoms with van der Waals surface area (Å²) in [4.78, 5) is 55.8. The fourth-order valence-corrected chi connectivity index (χ4v) is 9.05. The van der Waals surface area contributed by atoms with Gasteiger partial charge in [0, 0.05) is 13.1 Å². The van der Waals surface area contributed by atoms with Crippen LogP contribution >= 0.6 is 11.8 Å². The molecule has 0 spiro atoms. The van der Waals surface area contributed by atoms with Gasteiger partial charge in [-0.05, 0) is 104 Å². The van der Waals surface area contributed by atoms with Crippen LogP contribution in [0.2, 0.25) is 0 Å². The number of nitrogens with zero attached hydrogens (tertiary/aromatic N) is 2. The normalized spacial score (nSPS) is 28.1. The van der Waals surface area contributed by atoms with Gasteiger partial charge in [0.05, 0.1) is 42.0 Å². The average molecular weight is 632 g/mol. The Morgan fingerprint density at radius 1 is 1.00 bits per heavy atom. The number of rotatable bonds is 8. The van der Waals surface area contributed by atoms with E-state index >= 15 is 0 Å². The number of carbonyl (C=O) groups is 4. The Hall–Kier alpha value is -3.83. The van der Waals surface area contributed by atoms with E-state index in [-0.39, 0.29) is 10.9 Å². The van der Waals surface area contributed by atoms with Crippen LogP contribution in [-0.4, -0.2) is 67.9 Å². The highest BCUT2D eigenvalue weighted by Gasteiger charge is 2.55. The van der Waals surface area contributed by atoms with Crippen molar-refractivity contribution in [3.05, 3.63) is 52.9 Å². The molecule has 2 saturated heterocycles. The van der Waals surface area contributed by atoms with E-state index in [1.165, 1.54) is 26.4 Å². The van der Waals surface area contributed by atoms with E-state index in [1.807, 2.05) is 18.2 Å². The van der Waals surface area contributed by atoms with E-state index in [4.69, 9.17) is 14.2 Å². The molecule has 2 aromatic carbocycles. The lowest BCUT2D eigenvalue weighted by Gasteiger charge is -2.55. The molecule has 2 heterocycles. The number of imide groups is 1. The van der Waals surface area contributed by atoms with Crippen LogP contribution in [0.1, 0.15) is 44.1 Å². The number of carbonyl (C=O) groups excluding carboxylic acids is 4. The number of benzene rings is 2. The van der Waals surface area contributed by atoms with Crippen LogP contribution < -0.4 is 19.7 Å². The fourth-order valence-electron chi connectivity index (χ4n) is 8.21. The highest BCUT2D eigenvalue weighted by molar-refractivity contribution is 8.18. The molecule has 8 rings (SSSR count). The first-order valence-corrected chi connectivity index (χ1v) is 16.5. The van der Waals surface area contributed by atoms with E-state index in [0.717, 1.165) is 41.6 Å². The number of morpholine rings is 1. The number of para-hydroxylation sites is 2. The van der Waals surface area contributed by atoms with Gasteiger partial charge in [0.1, 0.15) is 6.54 Å². The Balaban J connectivity index is 1.01. The SMILES string of the molecule is COc1cc(/C=C2\SC(=O)N(CC(=O)Nc3ccccc3N3CCOCC3)C2=O)ccc1OC(=O)C12CC3CC(CC(C3)C1)C2.